The largest absolute Gasteiger partial charge is 0.512 e. The van der Waals surface area contributed by atoms with Crippen molar-refractivity contribution in [2.75, 3.05) is 0 Å². The van der Waals surface area contributed by atoms with Gasteiger partial charge in [-0.05, 0) is 18.2 Å². The molecule has 3 aromatic rings. The number of rotatable bonds is 3. The highest BCUT2D eigenvalue weighted by molar-refractivity contribution is 5.83. The molecule has 0 bridgehead atoms. The third-order valence-electron chi connectivity index (χ3n) is 2.94. The van der Waals surface area contributed by atoms with Crippen LogP contribution in [-0.2, 0) is 6.54 Å². The van der Waals surface area contributed by atoms with Crippen LogP contribution in [0.25, 0.3) is 11.0 Å². The number of halogens is 1. The Morgan fingerprint density at radius 1 is 1.29 bits per heavy atom. The van der Waals surface area contributed by atoms with Crippen molar-refractivity contribution >= 4 is 17.2 Å². The van der Waals surface area contributed by atoms with Crippen LogP contribution in [0.4, 0.5) is 9.18 Å². The van der Waals surface area contributed by atoms with Crippen LogP contribution in [-0.4, -0.2) is 26.0 Å². The predicted molar refractivity (Wildman–Crippen MR) is 71.7 cm³/mol. The Hall–Kier alpha value is -2.96. The van der Waals surface area contributed by atoms with E-state index in [0.29, 0.717) is 16.6 Å². The summed E-state index contributed by atoms with van der Waals surface area (Å²) in [6.45, 7) is 0.128. The van der Waals surface area contributed by atoms with Gasteiger partial charge in [-0.25, -0.2) is 18.9 Å². The van der Waals surface area contributed by atoms with Gasteiger partial charge in [0.25, 0.3) is 5.88 Å². The summed E-state index contributed by atoms with van der Waals surface area (Å²) in [6.07, 6.45) is 0.0863. The highest BCUT2D eigenvalue weighted by atomic mass is 19.1. The van der Waals surface area contributed by atoms with Crippen LogP contribution in [0.1, 0.15) is 5.56 Å². The van der Waals surface area contributed by atoms with E-state index in [9.17, 15) is 9.18 Å². The van der Waals surface area contributed by atoms with Gasteiger partial charge in [-0.15, -0.1) is 5.10 Å². The summed E-state index contributed by atoms with van der Waals surface area (Å²) in [5, 5.41) is 13.2. The lowest BCUT2D eigenvalue weighted by Crippen LogP contribution is -2.06. The first-order chi connectivity index (χ1) is 10.1. The van der Waals surface area contributed by atoms with Crippen molar-refractivity contribution in [1.82, 2.24) is 14.8 Å². The molecule has 2 aromatic heterocycles. The fourth-order valence-electron chi connectivity index (χ4n) is 2.04. The van der Waals surface area contributed by atoms with Crippen molar-refractivity contribution in [2.24, 2.45) is 0 Å². The molecule has 0 fully saturated rings. The zero-order valence-electron chi connectivity index (χ0n) is 10.7. The van der Waals surface area contributed by atoms with Crippen LogP contribution in [0.3, 0.4) is 0 Å². The number of hydrogen-bond acceptors (Lipinski definition) is 4. The Bertz CT molecular complexity index is 816. The Morgan fingerprint density at radius 3 is 2.86 bits per heavy atom. The first-order valence-corrected chi connectivity index (χ1v) is 6.11. The third kappa shape index (κ3) is 2.53. The Labute approximate surface area is 118 Å². The van der Waals surface area contributed by atoms with Gasteiger partial charge in [0, 0.05) is 11.8 Å². The van der Waals surface area contributed by atoms with Gasteiger partial charge in [-0.3, -0.25) is 0 Å². The van der Waals surface area contributed by atoms with Crippen LogP contribution in [0, 0.1) is 5.82 Å². The minimum Gasteiger partial charge on any atom is -0.449 e. The average molecular weight is 287 g/mol. The number of pyridine rings is 1. The zero-order valence-corrected chi connectivity index (χ0v) is 10.7. The first kappa shape index (κ1) is 13.0. The van der Waals surface area contributed by atoms with Gasteiger partial charge in [0.05, 0.1) is 11.9 Å². The number of carbonyl (C=O) groups is 1. The van der Waals surface area contributed by atoms with Gasteiger partial charge >= 0.3 is 6.16 Å². The summed E-state index contributed by atoms with van der Waals surface area (Å²) in [7, 11) is 0. The molecule has 0 unspecified atom stereocenters. The van der Waals surface area contributed by atoms with E-state index in [4.69, 9.17) is 5.11 Å². The van der Waals surface area contributed by atoms with Gasteiger partial charge in [0.15, 0.2) is 5.65 Å². The van der Waals surface area contributed by atoms with Crippen molar-refractivity contribution in [3.63, 3.8) is 0 Å². The van der Waals surface area contributed by atoms with Crippen molar-refractivity contribution < 1.29 is 19.0 Å². The number of nitrogens with zero attached hydrogens (tertiary/aromatic N) is 3. The first-order valence-electron chi connectivity index (χ1n) is 6.11. The molecular formula is C14H10FN3O3. The molecular weight excluding hydrogens is 277 g/mol. The molecule has 0 aliphatic rings. The summed E-state index contributed by atoms with van der Waals surface area (Å²) in [5.74, 6) is -0.431. The molecule has 6 nitrogen and oxygen atoms in total. The number of fused-ring (bicyclic) bond motifs is 1. The maximum atomic E-state index is 13.7. The van der Waals surface area contributed by atoms with Crippen LogP contribution in [0.15, 0.2) is 42.6 Å². The highest BCUT2D eigenvalue weighted by Gasteiger charge is 2.16. The molecule has 0 saturated carbocycles. The second-order valence-corrected chi connectivity index (χ2v) is 4.30. The van der Waals surface area contributed by atoms with Crippen LogP contribution in [0.5, 0.6) is 5.88 Å². The van der Waals surface area contributed by atoms with E-state index in [0.717, 1.165) is 0 Å². The Morgan fingerprint density at radius 2 is 2.10 bits per heavy atom. The van der Waals surface area contributed by atoms with Crippen molar-refractivity contribution in [3.8, 4) is 5.88 Å². The van der Waals surface area contributed by atoms with Crippen molar-refractivity contribution in [2.45, 2.75) is 6.54 Å². The number of hydrogen-bond donors (Lipinski definition) is 1. The maximum Gasteiger partial charge on any atom is 0.512 e. The maximum absolute atomic E-state index is 13.7. The minimum absolute atomic E-state index is 0.0676. The van der Waals surface area contributed by atoms with E-state index in [2.05, 4.69) is 14.8 Å². The van der Waals surface area contributed by atoms with Gasteiger partial charge in [-0.1, -0.05) is 18.2 Å². The van der Waals surface area contributed by atoms with Gasteiger partial charge in [0.1, 0.15) is 5.82 Å². The van der Waals surface area contributed by atoms with E-state index in [-0.39, 0.29) is 18.2 Å². The topological polar surface area (TPSA) is 77.2 Å². The van der Waals surface area contributed by atoms with E-state index < -0.39 is 6.16 Å². The van der Waals surface area contributed by atoms with Crippen molar-refractivity contribution in [1.29, 1.82) is 0 Å². The molecule has 1 aromatic carbocycles. The molecule has 106 valence electrons. The Kier molecular flexibility index (Phi) is 3.23. The molecule has 0 aliphatic carbocycles. The standard InChI is InChI=1S/C14H10FN3O3/c15-11-6-2-1-4-9(11)8-18-12-10(5-3-7-16-12)13(17-18)21-14(19)20/h1-7H,8H2,(H,19,20). The fourth-order valence-corrected chi connectivity index (χ4v) is 2.04. The summed E-state index contributed by atoms with van der Waals surface area (Å²) in [4.78, 5) is 14.8. The second kappa shape index (κ2) is 5.20. The molecule has 0 aliphatic heterocycles. The molecule has 7 heteroatoms. The van der Waals surface area contributed by atoms with E-state index >= 15 is 0 Å². The molecule has 1 N–H and O–H groups in total. The molecule has 0 radical (unpaired) electrons. The minimum atomic E-state index is -1.46. The molecule has 2 heterocycles. The molecule has 0 atom stereocenters. The molecule has 0 amide bonds. The molecule has 3 rings (SSSR count). The van der Waals surface area contributed by atoms with Crippen LogP contribution in [0.2, 0.25) is 0 Å². The zero-order chi connectivity index (χ0) is 14.8. The number of ether oxygens (including phenoxy) is 1. The van der Waals surface area contributed by atoms with E-state index in [1.54, 1.807) is 36.5 Å². The second-order valence-electron chi connectivity index (χ2n) is 4.30. The molecule has 0 saturated heterocycles. The SMILES string of the molecule is O=C(O)Oc1nn(Cc2ccccc2F)c2ncccc12. The van der Waals surface area contributed by atoms with E-state index in [1.807, 2.05) is 0 Å². The lowest BCUT2D eigenvalue weighted by atomic mass is 10.2. The highest BCUT2D eigenvalue weighted by Crippen LogP contribution is 2.24. The van der Waals surface area contributed by atoms with Crippen molar-refractivity contribution in [3.05, 3.63) is 54.0 Å². The molecule has 0 spiro atoms. The summed E-state index contributed by atoms with van der Waals surface area (Å²) in [6, 6.07) is 9.58. The summed E-state index contributed by atoms with van der Waals surface area (Å²) in [5.41, 5.74) is 0.853. The Balaban J connectivity index is 2.06. The van der Waals surface area contributed by atoms with Gasteiger partial charge < -0.3 is 9.84 Å². The summed E-state index contributed by atoms with van der Waals surface area (Å²) < 4.78 is 19.7. The average Bonchev–Trinajstić information content (AvgIpc) is 2.79. The quantitative estimate of drug-likeness (QED) is 0.749. The van der Waals surface area contributed by atoms with Gasteiger partial charge in [0.2, 0.25) is 0 Å². The predicted octanol–water partition coefficient (Wildman–Crippen LogP) is 2.68. The smallest absolute Gasteiger partial charge is 0.449 e. The molecule has 21 heavy (non-hydrogen) atoms. The van der Waals surface area contributed by atoms with Crippen LogP contribution < -0.4 is 4.74 Å². The third-order valence-corrected chi connectivity index (χ3v) is 2.94. The fraction of sp³-hybridized carbons (Fsp3) is 0.0714. The number of benzene rings is 1. The normalized spacial score (nSPS) is 10.7. The number of aromatic nitrogens is 3. The lowest BCUT2D eigenvalue weighted by Gasteiger charge is -2.03. The lowest BCUT2D eigenvalue weighted by molar-refractivity contribution is 0.142. The van der Waals surface area contributed by atoms with Crippen LogP contribution >= 0.6 is 0 Å². The monoisotopic (exact) mass is 287 g/mol. The van der Waals surface area contributed by atoms with Gasteiger partial charge in [-0.2, -0.15) is 0 Å². The number of carboxylic acid groups (broad SMARTS) is 1. The summed E-state index contributed by atoms with van der Waals surface area (Å²) >= 11 is 0. The van der Waals surface area contributed by atoms with E-state index in [1.165, 1.54) is 10.7 Å².